The van der Waals surface area contributed by atoms with Crippen molar-refractivity contribution in [3.8, 4) is 0 Å². The van der Waals surface area contributed by atoms with Crippen molar-refractivity contribution in [1.29, 1.82) is 0 Å². The normalized spacial score (nSPS) is 15.7. The first kappa shape index (κ1) is 5.50. The van der Waals surface area contributed by atoms with Gasteiger partial charge in [0, 0.05) is 6.04 Å². The van der Waals surface area contributed by atoms with Crippen molar-refractivity contribution in [3.63, 3.8) is 0 Å². The Morgan fingerprint density at radius 1 is 1.83 bits per heavy atom. The third kappa shape index (κ3) is 3.50. The maximum Gasteiger partial charge on any atom is 0.0767 e. The van der Waals surface area contributed by atoms with E-state index in [0.717, 1.165) is 6.26 Å². The SMILES string of the molecule is CC(N)C=CO. The molecule has 1 atom stereocenters. The number of aliphatic hydroxyl groups is 1. The van der Waals surface area contributed by atoms with E-state index < -0.39 is 0 Å². The molecule has 36 valence electrons. The van der Waals surface area contributed by atoms with Crippen molar-refractivity contribution in [2.75, 3.05) is 0 Å². The van der Waals surface area contributed by atoms with Crippen LogP contribution < -0.4 is 5.73 Å². The van der Waals surface area contributed by atoms with Crippen LogP contribution in [0.1, 0.15) is 6.92 Å². The molecule has 0 aliphatic rings. The zero-order valence-electron chi connectivity index (χ0n) is 3.76. The Labute approximate surface area is 37.3 Å². The third-order valence-corrected chi connectivity index (χ3v) is 0.390. The van der Waals surface area contributed by atoms with Crippen LogP contribution in [0.15, 0.2) is 12.3 Å². The number of hydrogen-bond donors (Lipinski definition) is 2. The molecule has 0 heterocycles. The smallest absolute Gasteiger partial charge is 0.0767 e. The first-order valence-electron chi connectivity index (χ1n) is 1.84. The van der Waals surface area contributed by atoms with E-state index in [4.69, 9.17) is 10.8 Å². The summed E-state index contributed by atoms with van der Waals surface area (Å²) >= 11 is 0. The molecule has 2 heteroatoms. The lowest BCUT2D eigenvalue weighted by atomic mass is 10.4. The Kier molecular flexibility index (Phi) is 2.50. The molecule has 2 nitrogen and oxygen atoms in total. The van der Waals surface area contributed by atoms with E-state index in [9.17, 15) is 0 Å². The Balaban J connectivity index is 3.03. The minimum Gasteiger partial charge on any atom is -0.516 e. The van der Waals surface area contributed by atoms with Gasteiger partial charge in [-0.3, -0.25) is 0 Å². The van der Waals surface area contributed by atoms with Crippen LogP contribution in [0.3, 0.4) is 0 Å². The molecule has 0 amide bonds. The van der Waals surface area contributed by atoms with Crippen LogP contribution in [0.4, 0.5) is 0 Å². The Hall–Kier alpha value is -0.500. The average molecular weight is 87.1 g/mol. The zero-order chi connectivity index (χ0) is 4.99. The van der Waals surface area contributed by atoms with Crippen LogP contribution in [0, 0.1) is 0 Å². The van der Waals surface area contributed by atoms with Crippen molar-refractivity contribution in [1.82, 2.24) is 0 Å². The molecule has 0 spiro atoms. The lowest BCUT2D eigenvalue weighted by molar-refractivity contribution is 0.469. The Bertz CT molecular complexity index is 49.5. The van der Waals surface area contributed by atoms with Gasteiger partial charge in [-0.15, -0.1) is 0 Å². The number of rotatable bonds is 1. The van der Waals surface area contributed by atoms with E-state index in [1.54, 1.807) is 6.92 Å². The summed E-state index contributed by atoms with van der Waals surface area (Å²) in [7, 11) is 0. The molecule has 0 radical (unpaired) electrons. The fraction of sp³-hybridized carbons (Fsp3) is 0.500. The van der Waals surface area contributed by atoms with Gasteiger partial charge >= 0.3 is 0 Å². The van der Waals surface area contributed by atoms with Gasteiger partial charge in [0.1, 0.15) is 0 Å². The number of aliphatic hydroxyl groups excluding tert-OH is 1. The summed E-state index contributed by atoms with van der Waals surface area (Å²) in [5.41, 5.74) is 5.16. The van der Waals surface area contributed by atoms with Gasteiger partial charge in [0.2, 0.25) is 0 Å². The molecule has 0 fully saturated rings. The minimum absolute atomic E-state index is 0.0324. The molecular weight excluding hydrogens is 78.0 g/mol. The highest BCUT2D eigenvalue weighted by molar-refractivity contribution is 4.80. The first-order chi connectivity index (χ1) is 2.77. The number of nitrogens with two attached hydrogens (primary N) is 1. The number of hydrogen-bond acceptors (Lipinski definition) is 2. The molecule has 0 saturated carbocycles. The summed E-state index contributed by atoms with van der Waals surface area (Å²) in [5.74, 6) is 0. The molecule has 0 aliphatic heterocycles. The quantitative estimate of drug-likeness (QED) is 0.455. The second-order valence-electron chi connectivity index (χ2n) is 1.20. The van der Waals surface area contributed by atoms with Crippen molar-refractivity contribution >= 4 is 0 Å². The molecule has 0 aliphatic carbocycles. The highest BCUT2D eigenvalue weighted by Crippen LogP contribution is 1.72. The monoisotopic (exact) mass is 87.1 g/mol. The molecular formula is C4H9NO. The van der Waals surface area contributed by atoms with Crippen molar-refractivity contribution in [3.05, 3.63) is 12.3 Å². The maximum absolute atomic E-state index is 7.98. The lowest BCUT2D eigenvalue weighted by Crippen LogP contribution is -2.09. The van der Waals surface area contributed by atoms with Gasteiger partial charge < -0.3 is 10.8 Å². The van der Waals surface area contributed by atoms with E-state index in [-0.39, 0.29) is 6.04 Å². The topological polar surface area (TPSA) is 46.2 Å². The largest absolute Gasteiger partial charge is 0.516 e. The molecule has 0 bridgehead atoms. The molecule has 1 unspecified atom stereocenters. The van der Waals surface area contributed by atoms with Gasteiger partial charge in [-0.1, -0.05) is 0 Å². The second kappa shape index (κ2) is 2.72. The Morgan fingerprint density at radius 2 is 2.33 bits per heavy atom. The van der Waals surface area contributed by atoms with Crippen molar-refractivity contribution in [2.24, 2.45) is 5.73 Å². The van der Waals surface area contributed by atoms with E-state index >= 15 is 0 Å². The van der Waals surface area contributed by atoms with E-state index in [0.29, 0.717) is 0 Å². The summed E-state index contributed by atoms with van der Waals surface area (Å²) in [6.45, 7) is 1.78. The van der Waals surface area contributed by atoms with Gasteiger partial charge in [0.15, 0.2) is 0 Å². The van der Waals surface area contributed by atoms with Crippen LogP contribution in [-0.2, 0) is 0 Å². The molecule has 0 saturated heterocycles. The average Bonchev–Trinajstić information content (AvgIpc) is 1.35. The summed E-state index contributed by atoms with van der Waals surface area (Å²) in [5, 5.41) is 7.98. The molecule has 0 aromatic rings. The van der Waals surface area contributed by atoms with E-state index in [1.807, 2.05) is 0 Å². The summed E-state index contributed by atoms with van der Waals surface area (Å²) in [4.78, 5) is 0. The van der Waals surface area contributed by atoms with E-state index in [1.165, 1.54) is 6.08 Å². The zero-order valence-corrected chi connectivity index (χ0v) is 3.76. The van der Waals surface area contributed by atoms with Gasteiger partial charge in [-0.25, -0.2) is 0 Å². The second-order valence-corrected chi connectivity index (χ2v) is 1.20. The van der Waals surface area contributed by atoms with Gasteiger partial charge in [0.05, 0.1) is 6.26 Å². The third-order valence-electron chi connectivity index (χ3n) is 0.390. The first-order valence-corrected chi connectivity index (χ1v) is 1.84. The van der Waals surface area contributed by atoms with Crippen LogP contribution >= 0.6 is 0 Å². The van der Waals surface area contributed by atoms with Crippen LogP contribution in [0.5, 0.6) is 0 Å². The van der Waals surface area contributed by atoms with Crippen molar-refractivity contribution in [2.45, 2.75) is 13.0 Å². The van der Waals surface area contributed by atoms with Crippen LogP contribution in [0.25, 0.3) is 0 Å². The predicted octanol–water partition coefficient (Wildman–Crippen LogP) is 0.405. The predicted molar refractivity (Wildman–Crippen MR) is 25.4 cm³/mol. The fourth-order valence-corrected chi connectivity index (χ4v) is 0.136. The fourth-order valence-electron chi connectivity index (χ4n) is 0.136. The van der Waals surface area contributed by atoms with Gasteiger partial charge in [-0.2, -0.15) is 0 Å². The van der Waals surface area contributed by atoms with Crippen molar-refractivity contribution < 1.29 is 5.11 Å². The van der Waals surface area contributed by atoms with Gasteiger partial charge in [0.25, 0.3) is 0 Å². The molecule has 0 rings (SSSR count). The molecule has 3 N–H and O–H groups in total. The molecule has 0 aromatic carbocycles. The summed E-state index contributed by atoms with van der Waals surface area (Å²) in [6.07, 6.45) is 2.45. The molecule has 0 aromatic heterocycles. The standard InChI is InChI=1S/C4H9NO/c1-4(5)2-3-6/h2-4,6H,5H2,1H3. The minimum atomic E-state index is -0.0324. The van der Waals surface area contributed by atoms with E-state index in [2.05, 4.69) is 0 Å². The Morgan fingerprint density at radius 3 is 2.33 bits per heavy atom. The highest BCUT2D eigenvalue weighted by atomic mass is 16.2. The molecule has 6 heavy (non-hydrogen) atoms. The maximum atomic E-state index is 7.98. The summed E-state index contributed by atoms with van der Waals surface area (Å²) < 4.78 is 0. The van der Waals surface area contributed by atoms with Gasteiger partial charge in [-0.05, 0) is 13.0 Å². The lowest BCUT2D eigenvalue weighted by Gasteiger charge is -1.87. The van der Waals surface area contributed by atoms with Crippen LogP contribution in [0.2, 0.25) is 0 Å². The van der Waals surface area contributed by atoms with Crippen LogP contribution in [-0.4, -0.2) is 11.1 Å². The summed E-state index contributed by atoms with van der Waals surface area (Å²) in [6, 6.07) is -0.0324. The highest BCUT2D eigenvalue weighted by Gasteiger charge is 1.77.